The van der Waals surface area contributed by atoms with Crippen LogP contribution in [0.25, 0.3) is 0 Å². The molecule has 1 saturated heterocycles. The normalized spacial score (nSPS) is 16.6. The van der Waals surface area contributed by atoms with Gasteiger partial charge in [0.05, 0.1) is 5.69 Å². The first-order valence-electron chi connectivity index (χ1n) is 9.37. The smallest absolute Gasteiger partial charge is 0.410 e. The van der Waals surface area contributed by atoms with Crippen LogP contribution in [-0.4, -0.2) is 30.3 Å². The highest BCUT2D eigenvalue weighted by atomic mass is 16.6. The molecule has 26 heavy (non-hydrogen) atoms. The van der Waals surface area contributed by atoms with E-state index in [0.29, 0.717) is 19.7 Å². The van der Waals surface area contributed by atoms with Crippen molar-refractivity contribution in [2.24, 2.45) is 4.99 Å². The fourth-order valence-corrected chi connectivity index (χ4v) is 3.57. The van der Waals surface area contributed by atoms with Gasteiger partial charge in [-0.3, -0.25) is 4.99 Å². The maximum atomic E-state index is 12.3. The topological polar surface area (TPSA) is 41.9 Å². The molecular weight excluding hydrogens is 324 g/mol. The molecule has 4 heteroatoms. The zero-order chi connectivity index (χ0) is 18.4. The van der Waals surface area contributed by atoms with Crippen LogP contribution in [0.1, 0.15) is 37.8 Å². The van der Waals surface area contributed by atoms with E-state index in [-0.39, 0.29) is 11.5 Å². The molecule has 0 radical (unpaired) electrons. The fraction of sp³-hybridized carbons (Fsp3) is 0.364. The summed E-state index contributed by atoms with van der Waals surface area (Å²) < 4.78 is 5.44. The number of carbonyl (C=O) groups excluding carboxylic acids is 1. The standard InChI is InChI=1S/C20H20N2O2.C2H6/c23-19(24-14-16-6-2-1-3-7-16)22-12-10-20(11-13-22)15-21-18-9-5-4-8-17(18)20;1-2/h1-9,15H,10-14H2;1-2H3. The number of ether oxygens (including phenoxy) is 1. The number of hydrogen-bond donors (Lipinski definition) is 0. The van der Waals surface area contributed by atoms with Gasteiger partial charge in [-0.15, -0.1) is 0 Å². The molecule has 0 aliphatic carbocycles. The van der Waals surface area contributed by atoms with E-state index in [4.69, 9.17) is 4.74 Å². The van der Waals surface area contributed by atoms with Crippen LogP contribution in [-0.2, 0) is 16.8 Å². The minimum Gasteiger partial charge on any atom is -0.445 e. The maximum Gasteiger partial charge on any atom is 0.410 e. The lowest BCUT2D eigenvalue weighted by Crippen LogP contribution is -2.45. The summed E-state index contributed by atoms with van der Waals surface area (Å²) in [6.45, 7) is 5.73. The van der Waals surface area contributed by atoms with Crippen LogP contribution in [0, 0.1) is 0 Å². The van der Waals surface area contributed by atoms with Gasteiger partial charge in [0.25, 0.3) is 0 Å². The summed E-state index contributed by atoms with van der Waals surface area (Å²) >= 11 is 0. The summed E-state index contributed by atoms with van der Waals surface area (Å²) in [4.78, 5) is 18.7. The van der Waals surface area contributed by atoms with Gasteiger partial charge in [-0.1, -0.05) is 62.4 Å². The first kappa shape index (κ1) is 18.2. The van der Waals surface area contributed by atoms with Gasteiger partial charge in [0.2, 0.25) is 0 Å². The number of fused-ring (bicyclic) bond motifs is 2. The van der Waals surface area contributed by atoms with Gasteiger partial charge in [-0.05, 0) is 30.0 Å². The van der Waals surface area contributed by atoms with E-state index in [1.165, 1.54) is 5.56 Å². The number of amides is 1. The lowest BCUT2D eigenvalue weighted by molar-refractivity contribution is 0.0841. The van der Waals surface area contributed by atoms with Crippen LogP contribution in [0.15, 0.2) is 59.6 Å². The quantitative estimate of drug-likeness (QED) is 0.756. The molecule has 4 nitrogen and oxygen atoms in total. The highest BCUT2D eigenvalue weighted by Crippen LogP contribution is 2.43. The summed E-state index contributed by atoms with van der Waals surface area (Å²) in [5, 5.41) is 0. The van der Waals surface area contributed by atoms with Gasteiger partial charge in [0, 0.05) is 24.7 Å². The Balaban J connectivity index is 0.000000948. The lowest BCUT2D eigenvalue weighted by Gasteiger charge is -2.37. The number of rotatable bonds is 2. The SMILES string of the molecule is CC.O=C(OCc1ccccc1)N1CCC2(C=Nc3ccccc32)CC1. The minimum atomic E-state index is -0.225. The average Bonchev–Trinajstić information content (AvgIpc) is 3.07. The second kappa shape index (κ2) is 8.17. The van der Waals surface area contributed by atoms with Crippen molar-refractivity contribution < 1.29 is 9.53 Å². The van der Waals surface area contributed by atoms with E-state index in [9.17, 15) is 4.79 Å². The second-order valence-electron chi connectivity index (χ2n) is 6.46. The van der Waals surface area contributed by atoms with Crippen molar-refractivity contribution in [3.8, 4) is 0 Å². The van der Waals surface area contributed by atoms with Crippen LogP contribution in [0.2, 0.25) is 0 Å². The molecule has 4 rings (SSSR count). The Morgan fingerprint density at radius 3 is 2.42 bits per heavy atom. The number of aliphatic imine (C=N–C) groups is 1. The Morgan fingerprint density at radius 1 is 1.04 bits per heavy atom. The van der Waals surface area contributed by atoms with E-state index in [1.807, 2.05) is 55.1 Å². The number of para-hydroxylation sites is 1. The first-order chi connectivity index (χ1) is 12.8. The monoisotopic (exact) mass is 350 g/mol. The summed E-state index contributed by atoms with van der Waals surface area (Å²) in [6.07, 6.45) is 3.64. The molecule has 0 atom stereocenters. The Hall–Kier alpha value is -2.62. The van der Waals surface area contributed by atoms with Crippen molar-refractivity contribution in [3.63, 3.8) is 0 Å². The van der Waals surface area contributed by atoms with E-state index in [2.05, 4.69) is 29.4 Å². The zero-order valence-corrected chi connectivity index (χ0v) is 15.5. The summed E-state index contributed by atoms with van der Waals surface area (Å²) in [6, 6.07) is 18.1. The highest BCUT2D eigenvalue weighted by Gasteiger charge is 2.40. The van der Waals surface area contributed by atoms with Crippen LogP contribution < -0.4 is 0 Å². The number of benzene rings is 2. The van der Waals surface area contributed by atoms with Crippen molar-refractivity contribution in [1.29, 1.82) is 0 Å². The molecular formula is C22H26N2O2. The van der Waals surface area contributed by atoms with E-state index in [0.717, 1.165) is 24.1 Å². The van der Waals surface area contributed by atoms with Crippen molar-refractivity contribution in [2.45, 2.75) is 38.7 Å². The minimum absolute atomic E-state index is 0.00714. The molecule has 2 aliphatic rings. The predicted octanol–water partition coefficient (Wildman–Crippen LogP) is 5.10. The van der Waals surface area contributed by atoms with E-state index >= 15 is 0 Å². The highest BCUT2D eigenvalue weighted by molar-refractivity contribution is 5.85. The van der Waals surface area contributed by atoms with Crippen LogP contribution in [0.3, 0.4) is 0 Å². The van der Waals surface area contributed by atoms with Crippen molar-refractivity contribution in [2.75, 3.05) is 13.1 Å². The molecule has 1 spiro atoms. The molecule has 2 aromatic rings. The Labute approximate surface area is 155 Å². The number of likely N-dealkylation sites (tertiary alicyclic amines) is 1. The first-order valence-corrected chi connectivity index (χ1v) is 9.37. The van der Waals surface area contributed by atoms with Gasteiger partial charge in [0.15, 0.2) is 0 Å². The molecule has 1 amide bonds. The third-order valence-electron chi connectivity index (χ3n) is 5.01. The molecule has 136 valence electrons. The largest absolute Gasteiger partial charge is 0.445 e. The molecule has 2 aromatic carbocycles. The number of nitrogens with zero attached hydrogens (tertiary/aromatic N) is 2. The molecule has 2 heterocycles. The summed E-state index contributed by atoms with van der Waals surface area (Å²) in [7, 11) is 0. The van der Waals surface area contributed by atoms with Crippen molar-refractivity contribution in [3.05, 3.63) is 65.7 Å². The van der Waals surface area contributed by atoms with Crippen molar-refractivity contribution >= 4 is 18.0 Å². The van der Waals surface area contributed by atoms with E-state index in [1.54, 1.807) is 0 Å². The zero-order valence-electron chi connectivity index (χ0n) is 15.5. The Morgan fingerprint density at radius 2 is 1.69 bits per heavy atom. The molecule has 1 fully saturated rings. The van der Waals surface area contributed by atoms with Gasteiger partial charge in [0.1, 0.15) is 6.61 Å². The summed E-state index contributed by atoms with van der Waals surface area (Å²) in [5.41, 5.74) is 3.36. The third kappa shape index (κ3) is 3.64. The molecule has 0 aromatic heterocycles. The molecule has 0 N–H and O–H groups in total. The van der Waals surface area contributed by atoms with Gasteiger partial charge in [-0.25, -0.2) is 4.79 Å². The third-order valence-corrected chi connectivity index (χ3v) is 5.01. The molecule has 2 aliphatic heterocycles. The average molecular weight is 350 g/mol. The van der Waals surface area contributed by atoms with Crippen molar-refractivity contribution in [1.82, 2.24) is 4.90 Å². The fourth-order valence-electron chi connectivity index (χ4n) is 3.57. The van der Waals surface area contributed by atoms with E-state index < -0.39 is 0 Å². The Bertz CT molecular complexity index is 763. The van der Waals surface area contributed by atoms with Crippen LogP contribution in [0.5, 0.6) is 0 Å². The van der Waals surface area contributed by atoms with Gasteiger partial charge < -0.3 is 9.64 Å². The number of hydrogen-bond acceptors (Lipinski definition) is 3. The van der Waals surface area contributed by atoms with Gasteiger partial charge >= 0.3 is 6.09 Å². The maximum absolute atomic E-state index is 12.3. The number of carbonyl (C=O) groups is 1. The van der Waals surface area contributed by atoms with Crippen LogP contribution in [0.4, 0.5) is 10.5 Å². The number of piperidine rings is 1. The predicted molar refractivity (Wildman–Crippen MR) is 105 cm³/mol. The lowest BCUT2D eigenvalue weighted by atomic mass is 9.75. The second-order valence-corrected chi connectivity index (χ2v) is 6.46. The molecule has 0 saturated carbocycles. The summed E-state index contributed by atoms with van der Waals surface area (Å²) in [5.74, 6) is 0. The molecule has 0 bridgehead atoms. The molecule has 0 unspecified atom stereocenters. The van der Waals surface area contributed by atoms with Crippen LogP contribution >= 0.6 is 0 Å². The van der Waals surface area contributed by atoms with Gasteiger partial charge in [-0.2, -0.15) is 0 Å². The Kier molecular flexibility index (Phi) is 5.71.